The minimum atomic E-state index is 0.457. The van der Waals surface area contributed by atoms with Crippen molar-refractivity contribution in [1.29, 1.82) is 0 Å². The zero-order chi connectivity index (χ0) is 14.3. The molecule has 2 aromatic rings. The van der Waals surface area contributed by atoms with Crippen LogP contribution in [0.4, 0.5) is 5.95 Å². The van der Waals surface area contributed by atoms with Gasteiger partial charge in [0.2, 0.25) is 5.95 Å². The Balaban J connectivity index is 1.83. The Labute approximate surface area is 130 Å². The van der Waals surface area contributed by atoms with Gasteiger partial charge in [-0.25, -0.2) is 0 Å². The minimum absolute atomic E-state index is 0.457. The van der Waals surface area contributed by atoms with Crippen molar-refractivity contribution in [3.05, 3.63) is 15.4 Å². The summed E-state index contributed by atoms with van der Waals surface area (Å²) in [5.41, 5.74) is 1.23. The molecule has 0 bridgehead atoms. The molecular formula is C13H18BrN5S. The average molecular weight is 356 g/mol. The van der Waals surface area contributed by atoms with Crippen molar-refractivity contribution >= 4 is 33.2 Å². The number of H-pyrrole nitrogens is 1. The second-order valence-corrected chi connectivity index (χ2v) is 7.80. The lowest BCUT2D eigenvalue weighted by Crippen LogP contribution is -2.54. The van der Waals surface area contributed by atoms with Gasteiger partial charge < -0.3 is 10.2 Å². The number of hydrogen-bond donors (Lipinski definition) is 2. The normalized spacial score (nSPS) is 23.3. The van der Waals surface area contributed by atoms with Crippen LogP contribution >= 0.6 is 27.3 Å². The molecule has 0 radical (unpaired) electrons. The van der Waals surface area contributed by atoms with Crippen molar-refractivity contribution in [2.45, 2.75) is 32.9 Å². The number of anilines is 1. The standard InChI is InChI=1S/C13H18BrN5S/c1-7-4-10(20-11(7)14)12-16-13(18-17-12)19-5-8(2)15-9(3)6-19/h4,8-9,15H,5-6H2,1-3H3,(H,16,17,18). The van der Waals surface area contributed by atoms with Crippen LogP contribution in [0.5, 0.6) is 0 Å². The van der Waals surface area contributed by atoms with E-state index in [0.717, 1.165) is 33.5 Å². The molecule has 0 aromatic carbocycles. The fourth-order valence-electron chi connectivity index (χ4n) is 2.57. The maximum Gasteiger partial charge on any atom is 0.245 e. The summed E-state index contributed by atoms with van der Waals surface area (Å²) < 4.78 is 1.15. The highest BCUT2D eigenvalue weighted by molar-refractivity contribution is 9.11. The summed E-state index contributed by atoms with van der Waals surface area (Å²) in [6, 6.07) is 3.04. The van der Waals surface area contributed by atoms with E-state index < -0.39 is 0 Å². The number of aryl methyl sites for hydroxylation is 1. The van der Waals surface area contributed by atoms with Gasteiger partial charge in [-0.3, -0.25) is 5.10 Å². The molecule has 7 heteroatoms. The number of aromatic amines is 1. The Morgan fingerprint density at radius 2 is 2.05 bits per heavy atom. The first-order valence-electron chi connectivity index (χ1n) is 6.72. The number of hydrogen-bond acceptors (Lipinski definition) is 5. The lowest BCUT2D eigenvalue weighted by Gasteiger charge is -2.35. The molecule has 0 aliphatic carbocycles. The smallest absolute Gasteiger partial charge is 0.245 e. The monoisotopic (exact) mass is 355 g/mol. The summed E-state index contributed by atoms with van der Waals surface area (Å²) in [7, 11) is 0. The molecule has 3 rings (SSSR count). The van der Waals surface area contributed by atoms with Gasteiger partial charge >= 0.3 is 0 Å². The quantitative estimate of drug-likeness (QED) is 0.869. The highest BCUT2D eigenvalue weighted by Crippen LogP contribution is 2.33. The van der Waals surface area contributed by atoms with Crippen molar-refractivity contribution in [2.24, 2.45) is 0 Å². The van der Waals surface area contributed by atoms with Gasteiger partial charge in [-0.15, -0.1) is 16.4 Å². The van der Waals surface area contributed by atoms with Gasteiger partial charge in [-0.05, 0) is 48.3 Å². The molecule has 0 saturated carbocycles. The third-order valence-corrected chi connectivity index (χ3v) is 5.55. The minimum Gasteiger partial charge on any atom is -0.336 e. The van der Waals surface area contributed by atoms with Crippen molar-refractivity contribution in [3.8, 4) is 10.7 Å². The fraction of sp³-hybridized carbons (Fsp3) is 0.538. The predicted octanol–water partition coefficient (Wildman–Crippen LogP) is 2.79. The lowest BCUT2D eigenvalue weighted by atomic mass is 10.1. The molecule has 2 aromatic heterocycles. The lowest BCUT2D eigenvalue weighted by molar-refractivity contribution is 0.403. The van der Waals surface area contributed by atoms with E-state index in [1.165, 1.54) is 5.56 Å². The molecule has 0 spiro atoms. The van der Waals surface area contributed by atoms with Crippen LogP contribution in [0.2, 0.25) is 0 Å². The van der Waals surface area contributed by atoms with E-state index in [-0.39, 0.29) is 0 Å². The van der Waals surface area contributed by atoms with Crippen LogP contribution in [0.25, 0.3) is 10.7 Å². The molecule has 1 aliphatic rings. The first-order chi connectivity index (χ1) is 9.52. The molecule has 2 N–H and O–H groups in total. The SMILES string of the molecule is Cc1cc(-c2nc(N3CC(C)NC(C)C3)n[nH]2)sc1Br. The first kappa shape index (κ1) is 14.0. The molecule has 108 valence electrons. The Hall–Kier alpha value is -0.920. The summed E-state index contributed by atoms with van der Waals surface area (Å²) in [5, 5.41) is 11.0. The second-order valence-electron chi connectivity index (χ2n) is 5.43. The van der Waals surface area contributed by atoms with Crippen molar-refractivity contribution in [1.82, 2.24) is 20.5 Å². The number of rotatable bonds is 2. The maximum absolute atomic E-state index is 4.65. The predicted molar refractivity (Wildman–Crippen MR) is 86.4 cm³/mol. The Kier molecular flexibility index (Phi) is 3.83. The van der Waals surface area contributed by atoms with Gasteiger partial charge in [0.25, 0.3) is 0 Å². The molecule has 1 aliphatic heterocycles. The molecule has 1 saturated heterocycles. The second kappa shape index (κ2) is 5.46. The third kappa shape index (κ3) is 2.75. The summed E-state index contributed by atoms with van der Waals surface area (Å²) in [5.74, 6) is 1.64. The highest BCUT2D eigenvalue weighted by Gasteiger charge is 2.24. The van der Waals surface area contributed by atoms with Gasteiger partial charge in [-0.1, -0.05) is 0 Å². The summed E-state index contributed by atoms with van der Waals surface area (Å²) in [4.78, 5) is 8.00. The Morgan fingerprint density at radius 1 is 1.35 bits per heavy atom. The van der Waals surface area contributed by atoms with Crippen LogP contribution in [-0.2, 0) is 0 Å². The number of thiophene rings is 1. The van der Waals surface area contributed by atoms with Gasteiger partial charge in [0.1, 0.15) is 0 Å². The topological polar surface area (TPSA) is 56.8 Å². The van der Waals surface area contributed by atoms with Gasteiger partial charge in [0.05, 0.1) is 8.66 Å². The zero-order valence-corrected chi connectivity index (χ0v) is 14.2. The van der Waals surface area contributed by atoms with Gasteiger partial charge in [0.15, 0.2) is 5.82 Å². The Morgan fingerprint density at radius 3 is 2.65 bits per heavy atom. The van der Waals surface area contributed by atoms with Crippen LogP contribution in [0.15, 0.2) is 9.85 Å². The largest absolute Gasteiger partial charge is 0.336 e. The van der Waals surface area contributed by atoms with E-state index in [0.29, 0.717) is 12.1 Å². The van der Waals surface area contributed by atoms with Crippen molar-refractivity contribution in [2.75, 3.05) is 18.0 Å². The zero-order valence-electron chi connectivity index (χ0n) is 11.8. The van der Waals surface area contributed by atoms with Gasteiger partial charge in [-0.2, -0.15) is 4.98 Å². The van der Waals surface area contributed by atoms with Crippen LogP contribution in [0.1, 0.15) is 19.4 Å². The summed E-state index contributed by atoms with van der Waals surface area (Å²) >= 11 is 5.23. The van der Waals surface area contributed by atoms with E-state index in [1.807, 2.05) is 0 Å². The number of aromatic nitrogens is 3. The van der Waals surface area contributed by atoms with E-state index >= 15 is 0 Å². The van der Waals surface area contributed by atoms with Crippen LogP contribution in [0, 0.1) is 6.92 Å². The number of halogens is 1. The van der Waals surface area contributed by atoms with Crippen molar-refractivity contribution in [3.63, 3.8) is 0 Å². The van der Waals surface area contributed by atoms with Crippen molar-refractivity contribution < 1.29 is 0 Å². The molecule has 3 heterocycles. The van der Waals surface area contributed by atoms with Crippen LogP contribution < -0.4 is 10.2 Å². The van der Waals surface area contributed by atoms with Crippen LogP contribution in [0.3, 0.4) is 0 Å². The molecule has 20 heavy (non-hydrogen) atoms. The molecular weight excluding hydrogens is 338 g/mol. The number of nitrogens with zero attached hydrogens (tertiary/aromatic N) is 3. The van der Waals surface area contributed by atoms with E-state index in [9.17, 15) is 0 Å². The molecule has 5 nitrogen and oxygen atoms in total. The Bertz CT molecular complexity index is 578. The van der Waals surface area contributed by atoms with E-state index in [4.69, 9.17) is 0 Å². The summed E-state index contributed by atoms with van der Waals surface area (Å²) in [6.45, 7) is 8.34. The van der Waals surface area contributed by atoms with Crippen LogP contribution in [-0.4, -0.2) is 40.4 Å². The average Bonchev–Trinajstić information content (AvgIpc) is 2.96. The fourth-order valence-corrected chi connectivity index (χ4v) is 4.05. The van der Waals surface area contributed by atoms with E-state index in [2.05, 4.69) is 68.2 Å². The van der Waals surface area contributed by atoms with E-state index in [1.54, 1.807) is 11.3 Å². The third-order valence-electron chi connectivity index (χ3n) is 3.40. The number of piperazine rings is 1. The molecule has 0 amide bonds. The molecule has 2 atom stereocenters. The maximum atomic E-state index is 4.65. The molecule has 1 fully saturated rings. The highest BCUT2D eigenvalue weighted by atomic mass is 79.9. The molecule has 2 unspecified atom stereocenters. The summed E-state index contributed by atoms with van der Waals surface area (Å²) in [6.07, 6.45) is 0. The number of nitrogens with one attached hydrogen (secondary N) is 2. The first-order valence-corrected chi connectivity index (χ1v) is 8.33. The van der Waals surface area contributed by atoms with Gasteiger partial charge in [0, 0.05) is 25.2 Å².